The number of unbranched alkanes of at least 4 members (excludes halogenated alkanes) is 17. The van der Waals surface area contributed by atoms with E-state index in [-0.39, 0.29) is 18.9 Å². The van der Waals surface area contributed by atoms with Crippen molar-refractivity contribution in [2.45, 2.75) is 173 Å². The molecular weight excluding hydrogens is 454 g/mol. The van der Waals surface area contributed by atoms with E-state index in [0.29, 0.717) is 13.0 Å². The van der Waals surface area contributed by atoms with Gasteiger partial charge in [0.05, 0.1) is 12.7 Å². The Morgan fingerprint density at radius 2 is 1.17 bits per heavy atom. The van der Waals surface area contributed by atoms with E-state index in [1.165, 1.54) is 96.3 Å². The first-order valence-corrected chi connectivity index (χ1v) is 15.5. The molecule has 0 bridgehead atoms. The molecule has 0 spiro atoms. The average molecular weight is 514 g/mol. The fraction of sp³-hybridized carbons (Fsp3) is 0.967. The number of carbonyl (C=O) groups excluding carboxylic acids is 1. The van der Waals surface area contributed by atoms with E-state index in [9.17, 15) is 20.1 Å². The second-order valence-corrected chi connectivity index (χ2v) is 11.0. The van der Waals surface area contributed by atoms with Gasteiger partial charge in [0.1, 0.15) is 18.4 Å². The maximum absolute atomic E-state index is 13.2. The van der Waals surface area contributed by atoms with Crippen LogP contribution in [0.4, 0.5) is 0 Å². The fourth-order valence-electron chi connectivity index (χ4n) is 5.21. The first-order valence-electron chi connectivity index (χ1n) is 15.5. The van der Waals surface area contributed by atoms with Crippen LogP contribution in [0.15, 0.2) is 0 Å². The summed E-state index contributed by atoms with van der Waals surface area (Å²) < 4.78 is 5.88. The first-order chi connectivity index (χ1) is 17.5. The maximum atomic E-state index is 13.2. The lowest BCUT2D eigenvalue weighted by Gasteiger charge is -2.41. The zero-order chi connectivity index (χ0) is 26.4. The van der Waals surface area contributed by atoms with Crippen LogP contribution in [-0.4, -0.2) is 63.8 Å². The van der Waals surface area contributed by atoms with Crippen LogP contribution in [0.2, 0.25) is 0 Å². The molecule has 1 rings (SSSR count). The Labute approximate surface area is 222 Å². The van der Waals surface area contributed by atoms with Crippen LogP contribution < -0.4 is 0 Å². The predicted molar refractivity (Wildman–Crippen MR) is 148 cm³/mol. The second-order valence-electron chi connectivity index (χ2n) is 11.0. The summed E-state index contributed by atoms with van der Waals surface area (Å²) in [5.74, 6) is 0.0687. The molecule has 214 valence electrons. The Kier molecular flexibility index (Phi) is 20.7. The highest BCUT2D eigenvalue weighted by Crippen LogP contribution is 2.25. The zero-order valence-corrected chi connectivity index (χ0v) is 23.7. The topological polar surface area (TPSA) is 90.2 Å². The number of ether oxygens (including phenoxy) is 1. The van der Waals surface area contributed by atoms with Crippen LogP contribution in [0, 0.1) is 0 Å². The lowest BCUT2D eigenvalue weighted by atomic mass is 10.00. The standard InChI is InChI=1S/C30H59NO5/c1-3-5-7-9-11-13-15-17-19-21-23-31(29-24-26(33)30(35)27(25-32)36-29)28(34)22-20-18-16-14-12-10-8-6-4-2/h26-27,29-30,32-33,35H,3-25H2,1-2H3/t26-,27-,29-,30+/m1/s1. The molecule has 0 aromatic carbocycles. The Morgan fingerprint density at radius 1 is 0.722 bits per heavy atom. The highest BCUT2D eigenvalue weighted by atomic mass is 16.5. The molecule has 0 radical (unpaired) electrons. The Bertz CT molecular complexity index is 518. The smallest absolute Gasteiger partial charge is 0.224 e. The van der Waals surface area contributed by atoms with Gasteiger partial charge in [0.15, 0.2) is 0 Å². The third kappa shape index (κ3) is 14.9. The molecular formula is C30H59NO5. The van der Waals surface area contributed by atoms with Crippen molar-refractivity contribution in [1.82, 2.24) is 4.90 Å². The van der Waals surface area contributed by atoms with Gasteiger partial charge in [-0.1, -0.05) is 123 Å². The second kappa shape index (κ2) is 22.3. The van der Waals surface area contributed by atoms with Gasteiger partial charge >= 0.3 is 0 Å². The summed E-state index contributed by atoms with van der Waals surface area (Å²) >= 11 is 0. The normalized spacial score (nSPS) is 22.1. The number of hydrogen-bond acceptors (Lipinski definition) is 5. The molecule has 0 aromatic rings. The van der Waals surface area contributed by atoms with Gasteiger partial charge in [-0.25, -0.2) is 0 Å². The van der Waals surface area contributed by atoms with Gasteiger partial charge in [-0.2, -0.15) is 0 Å². The number of hydrogen-bond donors (Lipinski definition) is 3. The summed E-state index contributed by atoms with van der Waals surface area (Å²) in [5, 5.41) is 30.0. The van der Waals surface area contributed by atoms with Crippen LogP contribution in [-0.2, 0) is 9.53 Å². The highest BCUT2D eigenvalue weighted by molar-refractivity contribution is 5.76. The summed E-state index contributed by atoms with van der Waals surface area (Å²) in [6.07, 6.45) is 20.4. The quantitative estimate of drug-likeness (QED) is 0.136. The maximum Gasteiger partial charge on any atom is 0.224 e. The monoisotopic (exact) mass is 513 g/mol. The average Bonchev–Trinajstić information content (AvgIpc) is 2.88. The number of aliphatic hydroxyl groups excluding tert-OH is 3. The molecule has 1 aliphatic heterocycles. The Morgan fingerprint density at radius 3 is 1.64 bits per heavy atom. The molecule has 3 N–H and O–H groups in total. The molecule has 1 saturated heterocycles. The third-order valence-electron chi connectivity index (χ3n) is 7.64. The molecule has 4 atom stereocenters. The van der Waals surface area contributed by atoms with Crippen molar-refractivity contribution in [1.29, 1.82) is 0 Å². The van der Waals surface area contributed by atoms with Crippen molar-refractivity contribution in [2.24, 2.45) is 0 Å². The van der Waals surface area contributed by atoms with Crippen LogP contribution in [0.5, 0.6) is 0 Å². The zero-order valence-electron chi connectivity index (χ0n) is 23.7. The number of carbonyl (C=O) groups is 1. The lowest BCUT2D eigenvalue weighted by molar-refractivity contribution is -0.218. The van der Waals surface area contributed by atoms with E-state index in [1.807, 2.05) is 0 Å². The van der Waals surface area contributed by atoms with E-state index in [1.54, 1.807) is 4.90 Å². The summed E-state index contributed by atoms with van der Waals surface area (Å²) in [4.78, 5) is 14.9. The van der Waals surface area contributed by atoms with Crippen LogP contribution in [0.25, 0.3) is 0 Å². The summed E-state index contributed by atoms with van der Waals surface area (Å²) in [5.41, 5.74) is 0. The van der Waals surface area contributed by atoms with Crippen LogP contribution in [0.3, 0.4) is 0 Å². The number of rotatable bonds is 23. The predicted octanol–water partition coefficient (Wildman–Crippen LogP) is 6.49. The fourth-order valence-corrected chi connectivity index (χ4v) is 5.21. The molecule has 1 heterocycles. The summed E-state index contributed by atoms with van der Waals surface area (Å²) in [6, 6.07) is 0. The van der Waals surface area contributed by atoms with Crippen molar-refractivity contribution >= 4 is 5.91 Å². The highest BCUT2D eigenvalue weighted by Gasteiger charge is 2.39. The van der Waals surface area contributed by atoms with Crippen molar-refractivity contribution in [2.75, 3.05) is 13.2 Å². The molecule has 0 aromatic heterocycles. The molecule has 1 fully saturated rings. The SMILES string of the molecule is CCCCCCCCCCCCN(C(=O)CCCCCCCCCCC)[C@H]1C[C@@H](O)[C@H](O)[C@@H](CO)O1. The van der Waals surface area contributed by atoms with Gasteiger partial charge in [0.25, 0.3) is 0 Å². The molecule has 6 heteroatoms. The van der Waals surface area contributed by atoms with E-state index in [4.69, 9.17) is 4.74 Å². The molecule has 6 nitrogen and oxygen atoms in total. The van der Waals surface area contributed by atoms with Crippen molar-refractivity contribution in [3.8, 4) is 0 Å². The van der Waals surface area contributed by atoms with Crippen LogP contribution >= 0.6 is 0 Å². The van der Waals surface area contributed by atoms with Crippen molar-refractivity contribution in [3.05, 3.63) is 0 Å². The molecule has 1 amide bonds. The van der Waals surface area contributed by atoms with Gasteiger partial charge in [0, 0.05) is 19.4 Å². The Balaban J connectivity index is 2.41. The number of amides is 1. The first kappa shape index (κ1) is 33.3. The van der Waals surface area contributed by atoms with Gasteiger partial charge in [0.2, 0.25) is 5.91 Å². The van der Waals surface area contributed by atoms with Crippen molar-refractivity contribution < 1.29 is 24.9 Å². The van der Waals surface area contributed by atoms with E-state index >= 15 is 0 Å². The minimum atomic E-state index is -1.11. The summed E-state index contributed by atoms with van der Waals surface area (Å²) in [6.45, 7) is 4.73. The van der Waals surface area contributed by atoms with Crippen molar-refractivity contribution in [3.63, 3.8) is 0 Å². The Hall–Kier alpha value is -0.690. The van der Waals surface area contributed by atoms with Gasteiger partial charge in [-0.15, -0.1) is 0 Å². The molecule has 0 unspecified atom stereocenters. The van der Waals surface area contributed by atoms with E-state index in [0.717, 1.165) is 25.7 Å². The number of nitrogens with zero attached hydrogens (tertiary/aromatic N) is 1. The minimum absolute atomic E-state index is 0.0687. The van der Waals surface area contributed by atoms with Gasteiger partial charge in [-0.3, -0.25) is 4.79 Å². The van der Waals surface area contributed by atoms with E-state index < -0.39 is 24.5 Å². The van der Waals surface area contributed by atoms with Crippen LogP contribution in [0.1, 0.15) is 149 Å². The third-order valence-corrected chi connectivity index (χ3v) is 7.64. The molecule has 0 aliphatic carbocycles. The number of aliphatic hydroxyl groups is 3. The molecule has 1 aliphatic rings. The van der Waals surface area contributed by atoms with Gasteiger partial charge < -0.3 is 25.0 Å². The summed E-state index contributed by atoms with van der Waals surface area (Å²) in [7, 11) is 0. The van der Waals surface area contributed by atoms with Gasteiger partial charge in [-0.05, 0) is 12.8 Å². The lowest BCUT2D eigenvalue weighted by Crippen LogP contribution is -2.56. The largest absolute Gasteiger partial charge is 0.394 e. The van der Waals surface area contributed by atoms with E-state index in [2.05, 4.69) is 13.8 Å². The minimum Gasteiger partial charge on any atom is -0.394 e. The molecule has 36 heavy (non-hydrogen) atoms. The molecule has 0 saturated carbocycles.